The van der Waals surface area contributed by atoms with Gasteiger partial charge < -0.3 is 0 Å². The zero-order chi connectivity index (χ0) is 10.1. The molecule has 0 saturated heterocycles. The Morgan fingerprint density at radius 2 is 1.44 bits per heavy atom. The first-order chi connectivity index (χ1) is 7.45. The van der Waals surface area contributed by atoms with Crippen molar-refractivity contribution in [1.29, 1.82) is 0 Å². The summed E-state index contributed by atoms with van der Waals surface area (Å²) in [6.45, 7) is 0. The van der Waals surface area contributed by atoms with E-state index in [2.05, 4.69) is 66.7 Å². The Hall–Kier alpha value is -0.820. The normalized spacial score (nSPS) is 16.6. The molecule has 1 aliphatic rings. The van der Waals surface area contributed by atoms with Crippen LogP contribution in [0.3, 0.4) is 0 Å². The standard InChI is InChI=1S/C15H12.Na.H/c1-2-6-12(7-3-1)15-11-10-13-8-4-5-9-14(13)15;;/h1-11,15H;;. The third kappa shape index (κ3) is 2.01. The van der Waals surface area contributed by atoms with Crippen LogP contribution in [0.5, 0.6) is 0 Å². The van der Waals surface area contributed by atoms with Gasteiger partial charge in [0.1, 0.15) is 0 Å². The van der Waals surface area contributed by atoms with Crippen molar-refractivity contribution in [2.75, 3.05) is 0 Å². The molecule has 3 rings (SSSR count). The molecule has 0 bridgehead atoms. The van der Waals surface area contributed by atoms with Crippen LogP contribution < -0.4 is 0 Å². The third-order valence-corrected chi connectivity index (χ3v) is 2.96. The second kappa shape index (κ2) is 5.01. The van der Waals surface area contributed by atoms with Gasteiger partial charge in [-0.15, -0.1) is 0 Å². The molecule has 1 atom stereocenters. The first kappa shape index (κ1) is 11.7. The molecule has 0 spiro atoms. The second-order valence-electron chi connectivity index (χ2n) is 3.88. The van der Waals surface area contributed by atoms with Crippen LogP contribution in [0.4, 0.5) is 0 Å². The molecule has 0 heterocycles. The van der Waals surface area contributed by atoms with Crippen LogP contribution >= 0.6 is 0 Å². The predicted octanol–water partition coefficient (Wildman–Crippen LogP) is 3.20. The Kier molecular flexibility index (Phi) is 3.65. The molecule has 1 heteroatoms. The first-order valence-electron chi connectivity index (χ1n) is 5.27. The van der Waals surface area contributed by atoms with E-state index in [1.54, 1.807) is 0 Å². The second-order valence-corrected chi connectivity index (χ2v) is 3.88. The summed E-state index contributed by atoms with van der Waals surface area (Å²) < 4.78 is 0. The number of rotatable bonds is 1. The molecule has 1 aliphatic carbocycles. The third-order valence-electron chi connectivity index (χ3n) is 2.96. The van der Waals surface area contributed by atoms with Gasteiger partial charge in [0.25, 0.3) is 0 Å². The molecule has 16 heavy (non-hydrogen) atoms. The van der Waals surface area contributed by atoms with E-state index >= 15 is 0 Å². The van der Waals surface area contributed by atoms with Gasteiger partial charge in [-0.2, -0.15) is 0 Å². The fraction of sp³-hybridized carbons (Fsp3) is 0.0667. The van der Waals surface area contributed by atoms with Gasteiger partial charge in [-0.3, -0.25) is 0 Å². The Bertz CT molecular complexity index is 500. The quantitative estimate of drug-likeness (QED) is 0.642. The number of hydrogen-bond donors (Lipinski definition) is 0. The van der Waals surface area contributed by atoms with Crippen molar-refractivity contribution in [3.05, 3.63) is 77.4 Å². The fourth-order valence-corrected chi connectivity index (χ4v) is 2.20. The van der Waals surface area contributed by atoms with E-state index in [-0.39, 0.29) is 29.6 Å². The van der Waals surface area contributed by atoms with Crippen LogP contribution in [-0.4, -0.2) is 29.6 Å². The van der Waals surface area contributed by atoms with E-state index in [0.29, 0.717) is 5.92 Å². The zero-order valence-corrected chi connectivity index (χ0v) is 8.43. The summed E-state index contributed by atoms with van der Waals surface area (Å²) >= 11 is 0. The molecular formula is C15H13Na. The molecule has 0 N–H and O–H groups in total. The summed E-state index contributed by atoms with van der Waals surface area (Å²) in [7, 11) is 0. The van der Waals surface area contributed by atoms with Crippen molar-refractivity contribution in [1.82, 2.24) is 0 Å². The fourth-order valence-electron chi connectivity index (χ4n) is 2.20. The summed E-state index contributed by atoms with van der Waals surface area (Å²) in [5.41, 5.74) is 4.15. The van der Waals surface area contributed by atoms with Gasteiger partial charge in [0.2, 0.25) is 0 Å². The molecular weight excluding hydrogens is 203 g/mol. The Morgan fingerprint density at radius 3 is 2.25 bits per heavy atom. The monoisotopic (exact) mass is 216 g/mol. The summed E-state index contributed by atoms with van der Waals surface area (Å²) in [6.07, 6.45) is 4.49. The van der Waals surface area contributed by atoms with E-state index in [1.165, 1.54) is 16.7 Å². The minimum absolute atomic E-state index is 0. The molecule has 0 aromatic heterocycles. The van der Waals surface area contributed by atoms with E-state index < -0.39 is 0 Å². The van der Waals surface area contributed by atoms with Crippen LogP contribution in [0.1, 0.15) is 22.6 Å². The molecule has 74 valence electrons. The maximum atomic E-state index is 2.28. The molecule has 2 aromatic rings. The minimum atomic E-state index is 0. The van der Waals surface area contributed by atoms with Crippen molar-refractivity contribution >= 4 is 35.6 Å². The average molecular weight is 216 g/mol. The zero-order valence-electron chi connectivity index (χ0n) is 8.43. The number of hydrogen-bond acceptors (Lipinski definition) is 0. The summed E-state index contributed by atoms with van der Waals surface area (Å²) in [5.74, 6) is 0.447. The Morgan fingerprint density at radius 1 is 0.750 bits per heavy atom. The van der Waals surface area contributed by atoms with Gasteiger partial charge in [-0.1, -0.05) is 66.7 Å². The van der Waals surface area contributed by atoms with Crippen LogP contribution in [0.15, 0.2) is 60.7 Å². The topological polar surface area (TPSA) is 0 Å². The van der Waals surface area contributed by atoms with Crippen molar-refractivity contribution < 1.29 is 0 Å². The Balaban J connectivity index is 0.000000963. The van der Waals surface area contributed by atoms with Gasteiger partial charge in [0.15, 0.2) is 0 Å². The summed E-state index contributed by atoms with van der Waals surface area (Å²) in [5, 5.41) is 0. The van der Waals surface area contributed by atoms with Crippen LogP contribution in [0, 0.1) is 0 Å². The van der Waals surface area contributed by atoms with Gasteiger partial charge in [-0.25, -0.2) is 0 Å². The van der Waals surface area contributed by atoms with Gasteiger partial charge in [0.05, 0.1) is 0 Å². The SMILES string of the molecule is C1=CC(c2ccccc2)c2ccccc21.[NaH]. The van der Waals surface area contributed by atoms with Crippen molar-refractivity contribution in [3.8, 4) is 0 Å². The first-order valence-corrected chi connectivity index (χ1v) is 5.27. The summed E-state index contributed by atoms with van der Waals surface area (Å²) in [4.78, 5) is 0. The molecule has 0 fully saturated rings. The molecule has 2 aromatic carbocycles. The van der Waals surface area contributed by atoms with Crippen LogP contribution in [-0.2, 0) is 0 Å². The molecule has 0 aliphatic heterocycles. The Labute approximate surface area is 118 Å². The molecule has 1 unspecified atom stereocenters. The van der Waals surface area contributed by atoms with Gasteiger partial charge >= 0.3 is 29.6 Å². The molecule has 0 radical (unpaired) electrons. The molecule has 0 saturated carbocycles. The van der Waals surface area contributed by atoms with Crippen LogP contribution in [0.2, 0.25) is 0 Å². The summed E-state index contributed by atoms with van der Waals surface area (Å²) in [6, 6.07) is 19.2. The maximum absolute atomic E-state index is 2.28. The van der Waals surface area contributed by atoms with Gasteiger partial charge in [-0.05, 0) is 16.7 Å². The predicted molar refractivity (Wildman–Crippen MR) is 70.9 cm³/mol. The number of allylic oxidation sites excluding steroid dienone is 1. The van der Waals surface area contributed by atoms with Crippen molar-refractivity contribution in [2.24, 2.45) is 0 Å². The number of benzene rings is 2. The van der Waals surface area contributed by atoms with E-state index in [9.17, 15) is 0 Å². The number of fused-ring (bicyclic) bond motifs is 1. The van der Waals surface area contributed by atoms with E-state index in [1.807, 2.05) is 0 Å². The van der Waals surface area contributed by atoms with E-state index in [0.717, 1.165) is 0 Å². The van der Waals surface area contributed by atoms with Crippen LogP contribution in [0.25, 0.3) is 6.08 Å². The van der Waals surface area contributed by atoms with Gasteiger partial charge in [0, 0.05) is 5.92 Å². The molecule has 0 nitrogen and oxygen atoms in total. The molecule has 0 amide bonds. The van der Waals surface area contributed by atoms with E-state index in [4.69, 9.17) is 0 Å². The average Bonchev–Trinajstić information content (AvgIpc) is 2.74. The van der Waals surface area contributed by atoms with Crippen molar-refractivity contribution in [3.63, 3.8) is 0 Å². The van der Waals surface area contributed by atoms with Crippen molar-refractivity contribution in [2.45, 2.75) is 5.92 Å².